The number of benzene rings is 2. The third kappa shape index (κ3) is 5.70. The van der Waals surface area contributed by atoms with Crippen LogP contribution >= 0.6 is 11.8 Å². The van der Waals surface area contributed by atoms with Crippen LogP contribution in [-0.4, -0.2) is 40.5 Å². The maximum Gasteiger partial charge on any atom is 0.262 e. The Morgan fingerprint density at radius 2 is 1.94 bits per heavy atom. The Morgan fingerprint density at radius 1 is 1.11 bits per heavy atom. The molecule has 35 heavy (non-hydrogen) atoms. The lowest BCUT2D eigenvalue weighted by Gasteiger charge is -2.27. The first kappa shape index (κ1) is 23.5. The van der Waals surface area contributed by atoms with Gasteiger partial charge in [0.15, 0.2) is 22.8 Å². The van der Waals surface area contributed by atoms with E-state index in [1.807, 2.05) is 42.5 Å². The molecule has 2 heterocycles. The van der Waals surface area contributed by atoms with Gasteiger partial charge in [0.25, 0.3) is 5.56 Å². The van der Waals surface area contributed by atoms with E-state index in [-0.39, 0.29) is 29.9 Å². The van der Waals surface area contributed by atoms with E-state index in [1.165, 1.54) is 30.2 Å². The van der Waals surface area contributed by atoms with E-state index < -0.39 is 0 Å². The van der Waals surface area contributed by atoms with E-state index in [0.29, 0.717) is 40.7 Å². The number of hydrogen-bond acceptors (Lipinski definition) is 6. The predicted molar refractivity (Wildman–Crippen MR) is 137 cm³/mol. The van der Waals surface area contributed by atoms with Gasteiger partial charge < -0.3 is 14.8 Å². The first-order valence-electron chi connectivity index (χ1n) is 12.1. The van der Waals surface area contributed by atoms with Gasteiger partial charge in [-0.3, -0.25) is 14.2 Å². The van der Waals surface area contributed by atoms with Crippen LogP contribution in [0.15, 0.2) is 70.1 Å². The summed E-state index contributed by atoms with van der Waals surface area (Å²) in [5, 5.41) is 4.05. The number of carbonyl (C=O) groups excluding carboxylic acids is 1. The zero-order valence-electron chi connectivity index (χ0n) is 19.6. The molecule has 1 aliphatic heterocycles. The zero-order chi connectivity index (χ0) is 24.0. The number of fused-ring (bicyclic) bond motifs is 2. The molecule has 1 unspecified atom stereocenters. The van der Waals surface area contributed by atoms with Gasteiger partial charge in [0.1, 0.15) is 6.61 Å². The van der Waals surface area contributed by atoms with Crippen molar-refractivity contribution < 1.29 is 14.3 Å². The third-order valence-electron chi connectivity index (χ3n) is 6.27. The third-order valence-corrected chi connectivity index (χ3v) is 7.24. The lowest BCUT2D eigenvalue weighted by atomic mass is 9.97. The fourth-order valence-electron chi connectivity index (χ4n) is 4.45. The maximum absolute atomic E-state index is 13.4. The van der Waals surface area contributed by atoms with Gasteiger partial charge in [0.2, 0.25) is 5.91 Å². The summed E-state index contributed by atoms with van der Waals surface area (Å²) in [7, 11) is 0. The number of rotatable bonds is 8. The van der Waals surface area contributed by atoms with Crippen LogP contribution in [0.5, 0.6) is 11.5 Å². The Kier molecular flexibility index (Phi) is 7.37. The van der Waals surface area contributed by atoms with Gasteiger partial charge in [-0.1, -0.05) is 47.7 Å². The van der Waals surface area contributed by atoms with Crippen LogP contribution in [0.2, 0.25) is 0 Å². The largest absolute Gasteiger partial charge is 0.486 e. The van der Waals surface area contributed by atoms with Gasteiger partial charge in [-0.05, 0) is 56.4 Å². The number of thioether (sulfide) groups is 1. The number of para-hydroxylation sites is 3. The van der Waals surface area contributed by atoms with Gasteiger partial charge in [-0.25, -0.2) is 4.98 Å². The van der Waals surface area contributed by atoms with Crippen molar-refractivity contribution in [1.82, 2.24) is 14.9 Å². The zero-order valence-corrected chi connectivity index (χ0v) is 20.4. The summed E-state index contributed by atoms with van der Waals surface area (Å²) in [6.45, 7) is 1.25. The second kappa shape index (κ2) is 11.0. The molecule has 0 fully saturated rings. The Hall–Kier alpha value is -3.26. The number of ether oxygens (including phenoxy) is 2. The molecule has 0 spiro atoms. The average molecular weight is 492 g/mol. The molecular formula is C27H29N3O4S. The van der Waals surface area contributed by atoms with Crippen molar-refractivity contribution in [3.05, 3.63) is 70.5 Å². The highest BCUT2D eigenvalue weighted by molar-refractivity contribution is 7.99. The van der Waals surface area contributed by atoms with Gasteiger partial charge in [-0.15, -0.1) is 0 Å². The molecule has 3 aromatic rings. The lowest BCUT2D eigenvalue weighted by Crippen LogP contribution is -2.37. The molecule has 0 radical (unpaired) electrons. The van der Waals surface area contributed by atoms with E-state index >= 15 is 0 Å². The van der Waals surface area contributed by atoms with Crippen LogP contribution in [0.3, 0.4) is 0 Å². The van der Waals surface area contributed by atoms with Crippen LogP contribution < -0.4 is 20.3 Å². The highest BCUT2D eigenvalue weighted by Gasteiger charge is 2.24. The Labute approximate surface area is 208 Å². The highest BCUT2D eigenvalue weighted by Crippen LogP contribution is 2.31. The van der Waals surface area contributed by atoms with Crippen molar-refractivity contribution >= 4 is 28.6 Å². The van der Waals surface area contributed by atoms with E-state index in [4.69, 9.17) is 14.5 Å². The molecule has 2 aliphatic rings. The van der Waals surface area contributed by atoms with E-state index in [0.717, 1.165) is 19.3 Å². The average Bonchev–Trinajstić information content (AvgIpc) is 2.90. The fourth-order valence-corrected chi connectivity index (χ4v) is 5.29. The summed E-state index contributed by atoms with van der Waals surface area (Å²) < 4.78 is 13.5. The minimum Gasteiger partial charge on any atom is -0.486 e. The maximum atomic E-state index is 13.4. The summed E-state index contributed by atoms with van der Waals surface area (Å²) in [4.78, 5) is 30.6. The number of allylic oxidation sites excluding steroid dienone is 1. The molecule has 1 N–H and O–H groups in total. The van der Waals surface area contributed by atoms with E-state index in [9.17, 15) is 9.59 Å². The molecule has 0 saturated carbocycles. The van der Waals surface area contributed by atoms with Crippen molar-refractivity contribution in [2.24, 2.45) is 0 Å². The van der Waals surface area contributed by atoms with Crippen LogP contribution in [0.4, 0.5) is 0 Å². The molecule has 0 saturated heterocycles. The molecule has 7 nitrogen and oxygen atoms in total. The highest BCUT2D eigenvalue weighted by atomic mass is 32.2. The van der Waals surface area contributed by atoms with Crippen molar-refractivity contribution in [2.45, 2.75) is 49.9 Å². The number of aromatic nitrogens is 2. The van der Waals surface area contributed by atoms with Crippen molar-refractivity contribution in [3.8, 4) is 11.5 Å². The number of nitrogens with zero attached hydrogens (tertiary/aromatic N) is 2. The van der Waals surface area contributed by atoms with Crippen LogP contribution in [0.1, 0.15) is 32.1 Å². The lowest BCUT2D eigenvalue weighted by molar-refractivity contribution is -0.118. The molecule has 1 aromatic heterocycles. The minimum atomic E-state index is -0.345. The van der Waals surface area contributed by atoms with Crippen LogP contribution in [0.25, 0.3) is 10.9 Å². The summed E-state index contributed by atoms with van der Waals surface area (Å²) in [6.07, 6.45) is 7.64. The topological polar surface area (TPSA) is 82.5 Å². The van der Waals surface area contributed by atoms with Gasteiger partial charge in [0, 0.05) is 6.54 Å². The fraction of sp³-hybridized carbons (Fsp3) is 0.370. The molecule has 1 atom stereocenters. The molecule has 182 valence electrons. The van der Waals surface area contributed by atoms with Gasteiger partial charge in [-0.2, -0.15) is 0 Å². The number of amides is 1. The summed E-state index contributed by atoms with van der Waals surface area (Å²) in [5.41, 5.74) is 1.91. The standard InChI is InChI=1S/C27H29N3O4S/c31-25(28-15-14-19-8-2-1-3-9-19)18-35-27-29-22-11-5-4-10-21(22)26(32)30(27)16-20-17-33-23-12-6-7-13-24(23)34-20/h4-8,10-13,20H,1-3,9,14-18H2,(H,28,31). The predicted octanol–water partition coefficient (Wildman–Crippen LogP) is 4.34. The van der Waals surface area contributed by atoms with Crippen LogP contribution in [-0.2, 0) is 11.3 Å². The molecule has 5 rings (SSSR count). The SMILES string of the molecule is O=C(CSc1nc2ccccc2c(=O)n1CC1COc2ccccc2O1)NCCC1=CCCCC1. The Balaban J connectivity index is 1.29. The quantitative estimate of drug-likeness (QED) is 0.287. The Bertz CT molecular complexity index is 1300. The van der Waals surface area contributed by atoms with Crippen LogP contribution in [0, 0.1) is 0 Å². The first-order chi connectivity index (χ1) is 17.2. The minimum absolute atomic E-state index is 0.0634. The number of hydrogen-bond donors (Lipinski definition) is 1. The number of nitrogens with one attached hydrogen (secondary N) is 1. The molecule has 8 heteroatoms. The summed E-state index contributed by atoms with van der Waals surface area (Å²) >= 11 is 1.27. The summed E-state index contributed by atoms with van der Waals surface area (Å²) in [6, 6.07) is 14.8. The summed E-state index contributed by atoms with van der Waals surface area (Å²) in [5.74, 6) is 1.48. The van der Waals surface area contributed by atoms with E-state index in [1.54, 1.807) is 10.6 Å². The molecular weight excluding hydrogens is 462 g/mol. The van der Waals surface area contributed by atoms with E-state index in [2.05, 4.69) is 11.4 Å². The Morgan fingerprint density at radius 3 is 2.80 bits per heavy atom. The van der Waals surface area contributed by atoms with Gasteiger partial charge in [0.05, 0.1) is 23.2 Å². The second-order valence-corrected chi connectivity index (χ2v) is 9.76. The number of carbonyl (C=O) groups is 1. The molecule has 1 aliphatic carbocycles. The molecule has 1 amide bonds. The molecule has 0 bridgehead atoms. The second-order valence-electron chi connectivity index (χ2n) is 8.82. The smallest absolute Gasteiger partial charge is 0.262 e. The monoisotopic (exact) mass is 491 g/mol. The van der Waals surface area contributed by atoms with Crippen molar-refractivity contribution in [3.63, 3.8) is 0 Å². The normalized spacial score (nSPS) is 17.1. The van der Waals surface area contributed by atoms with Crippen molar-refractivity contribution in [1.29, 1.82) is 0 Å². The molecule has 2 aromatic carbocycles. The first-order valence-corrected chi connectivity index (χ1v) is 13.1. The van der Waals surface area contributed by atoms with Gasteiger partial charge >= 0.3 is 0 Å². The van der Waals surface area contributed by atoms with Crippen molar-refractivity contribution in [2.75, 3.05) is 18.9 Å².